The molecular weight excluding hydrogens is 250 g/mol. The Kier molecular flexibility index (Phi) is 2.42. The Morgan fingerprint density at radius 3 is 2.39 bits per heavy atom. The number of hydrogen-bond donors (Lipinski definition) is 1. The maximum absolute atomic E-state index is 12.4. The van der Waals surface area contributed by atoms with Gasteiger partial charge in [-0.15, -0.1) is 0 Å². The van der Waals surface area contributed by atoms with Gasteiger partial charge in [0.25, 0.3) is 5.56 Å². The van der Waals surface area contributed by atoms with E-state index in [0.29, 0.717) is 26.7 Å². The number of aromatic amines is 1. The van der Waals surface area contributed by atoms with E-state index in [1.54, 1.807) is 42.5 Å². The van der Waals surface area contributed by atoms with E-state index in [2.05, 4.69) is 4.98 Å². The van der Waals surface area contributed by atoms with Gasteiger partial charge in [-0.1, -0.05) is 35.9 Å². The molecule has 88 valence electrons. The molecule has 0 amide bonds. The monoisotopic (exact) mass is 257 g/mol. The molecule has 0 aliphatic heterocycles. The van der Waals surface area contributed by atoms with Gasteiger partial charge in [0, 0.05) is 5.39 Å². The zero-order chi connectivity index (χ0) is 12.7. The smallest absolute Gasteiger partial charge is 0.256 e. The Morgan fingerprint density at radius 1 is 0.889 bits per heavy atom. The largest absolute Gasteiger partial charge is 0.321 e. The van der Waals surface area contributed by atoms with Gasteiger partial charge in [0.2, 0.25) is 0 Å². The first-order valence-electron chi connectivity index (χ1n) is 5.42. The first-order valence-corrected chi connectivity index (χ1v) is 5.80. The Bertz CT molecular complexity index is 884. The highest BCUT2D eigenvalue weighted by Gasteiger charge is 2.07. The van der Waals surface area contributed by atoms with E-state index >= 15 is 0 Å². The molecule has 0 fully saturated rings. The SMILES string of the molecule is O=c1[nH]c2cccc(Cl)c2c(=O)c2ccccc12. The van der Waals surface area contributed by atoms with Crippen molar-refractivity contribution in [3.05, 3.63) is 68.1 Å². The minimum Gasteiger partial charge on any atom is -0.321 e. The molecule has 1 aromatic heterocycles. The molecule has 0 saturated carbocycles. The summed E-state index contributed by atoms with van der Waals surface area (Å²) in [5, 5.41) is 1.43. The van der Waals surface area contributed by atoms with Crippen LogP contribution in [0.1, 0.15) is 0 Å². The summed E-state index contributed by atoms with van der Waals surface area (Å²) in [6, 6.07) is 11.7. The van der Waals surface area contributed by atoms with Crippen LogP contribution >= 0.6 is 11.6 Å². The fraction of sp³-hybridized carbons (Fsp3) is 0. The molecule has 3 aromatic rings. The molecule has 0 aliphatic rings. The second kappa shape index (κ2) is 3.96. The van der Waals surface area contributed by atoms with Crippen LogP contribution in [0.4, 0.5) is 0 Å². The molecule has 2 aromatic carbocycles. The summed E-state index contributed by atoms with van der Waals surface area (Å²) in [4.78, 5) is 27.1. The number of nitrogens with one attached hydrogen (secondary N) is 1. The van der Waals surface area contributed by atoms with Crippen LogP contribution in [0.15, 0.2) is 52.1 Å². The lowest BCUT2D eigenvalue weighted by molar-refractivity contribution is 1.36. The number of H-pyrrole nitrogens is 1. The number of benzene rings is 2. The summed E-state index contributed by atoms with van der Waals surface area (Å²) >= 11 is 6.05. The van der Waals surface area contributed by atoms with Gasteiger partial charge in [-0.05, 0) is 18.2 Å². The van der Waals surface area contributed by atoms with Gasteiger partial charge in [0.1, 0.15) is 0 Å². The lowest BCUT2D eigenvalue weighted by Crippen LogP contribution is -2.02. The summed E-state index contributed by atoms with van der Waals surface area (Å²) in [7, 11) is 0. The van der Waals surface area contributed by atoms with E-state index in [4.69, 9.17) is 11.6 Å². The highest BCUT2D eigenvalue weighted by Crippen LogP contribution is 2.18. The predicted molar refractivity (Wildman–Crippen MR) is 73.4 cm³/mol. The predicted octanol–water partition coefficient (Wildman–Crippen LogP) is 2.69. The van der Waals surface area contributed by atoms with Crippen molar-refractivity contribution < 1.29 is 0 Å². The number of fused-ring (bicyclic) bond motifs is 2. The van der Waals surface area contributed by atoms with Crippen molar-refractivity contribution in [1.82, 2.24) is 4.98 Å². The van der Waals surface area contributed by atoms with Crippen molar-refractivity contribution in [2.75, 3.05) is 0 Å². The lowest BCUT2D eigenvalue weighted by Gasteiger charge is -1.93. The van der Waals surface area contributed by atoms with Gasteiger partial charge >= 0.3 is 0 Å². The first kappa shape index (κ1) is 11.0. The quantitative estimate of drug-likeness (QED) is 0.673. The number of hydrogen-bond acceptors (Lipinski definition) is 2. The fourth-order valence-corrected chi connectivity index (χ4v) is 2.32. The topological polar surface area (TPSA) is 49.9 Å². The lowest BCUT2D eigenvalue weighted by atomic mass is 10.1. The number of halogens is 1. The van der Waals surface area contributed by atoms with Crippen LogP contribution in [-0.4, -0.2) is 4.98 Å². The standard InChI is InChI=1S/C14H8ClNO2/c15-10-6-3-7-11-12(10)13(17)8-4-1-2-5-9(8)14(18)16-11/h1-7H,(H,16,18). The zero-order valence-corrected chi connectivity index (χ0v) is 9.99. The van der Waals surface area contributed by atoms with Crippen molar-refractivity contribution in [2.24, 2.45) is 0 Å². The highest BCUT2D eigenvalue weighted by atomic mass is 35.5. The average molecular weight is 258 g/mol. The van der Waals surface area contributed by atoms with Gasteiger partial charge in [-0.3, -0.25) is 9.59 Å². The van der Waals surface area contributed by atoms with E-state index < -0.39 is 0 Å². The molecule has 0 bridgehead atoms. The Balaban J connectivity index is 2.80. The molecule has 3 nitrogen and oxygen atoms in total. The molecule has 0 radical (unpaired) electrons. The summed E-state index contributed by atoms with van der Waals surface area (Å²) in [5.74, 6) is 0. The minimum atomic E-state index is -0.292. The van der Waals surface area contributed by atoms with Crippen molar-refractivity contribution in [3.8, 4) is 0 Å². The minimum absolute atomic E-state index is 0.232. The zero-order valence-electron chi connectivity index (χ0n) is 9.24. The molecule has 18 heavy (non-hydrogen) atoms. The van der Waals surface area contributed by atoms with Crippen LogP contribution < -0.4 is 11.0 Å². The molecule has 0 saturated heterocycles. The molecule has 4 heteroatoms. The average Bonchev–Trinajstić information content (AvgIpc) is 2.48. The number of rotatable bonds is 0. The van der Waals surface area contributed by atoms with E-state index in [1.807, 2.05) is 0 Å². The molecule has 1 N–H and O–H groups in total. The van der Waals surface area contributed by atoms with Gasteiger partial charge < -0.3 is 4.98 Å². The summed E-state index contributed by atoms with van der Waals surface area (Å²) < 4.78 is 0. The second-order valence-corrected chi connectivity index (χ2v) is 4.40. The van der Waals surface area contributed by atoms with Crippen LogP contribution in [-0.2, 0) is 0 Å². The molecule has 3 rings (SSSR count). The Hall–Kier alpha value is -2.13. The van der Waals surface area contributed by atoms with Crippen LogP contribution in [0.5, 0.6) is 0 Å². The maximum Gasteiger partial charge on any atom is 0.256 e. The molecule has 0 unspecified atom stereocenters. The van der Waals surface area contributed by atoms with E-state index in [1.165, 1.54) is 0 Å². The fourth-order valence-electron chi connectivity index (χ4n) is 2.06. The van der Waals surface area contributed by atoms with Crippen molar-refractivity contribution in [2.45, 2.75) is 0 Å². The summed E-state index contributed by atoms with van der Waals surface area (Å²) in [6.45, 7) is 0. The maximum atomic E-state index is 12.4. The Morgan fingerprint density at radius 2 is 1.61 bits per heavy atom. The molecule has 1 heterocycles. The van der Waals surface area contributed by atoms with Gasteiger partial charge in [0.15, 0.2) is 5.43 Å². The second-order valence-electron chi connectivity index (χ2n) is 3.99. The summed E-state index contributed by atoms with van der Waals surface area (Å²) in [6.07, 6.45) is 0. The number of aromatic nitrogens is 1. The van der Waals surface area contributed by atoms with Gasteiger partial charge in [-0.25, -0.2) is 0 Å². The summed E-state index contributed by atoms with van der Waals surface area (Å²) in [5.41, 5.74) is -0.0711. The van der Waals surface area contributed by atoms with Crippen LogP contribution in [0.3, 0.4) is 0 Å². The third-order valence-electron chi connectivity index (χ3n) is 2.91. The molecular formula is C14H8ClNO2. The Labute approximate surface area is 107 Å². The van der Waals surface area contributed by atoms with Crippen LogP contribution in [0.25, 0.3) is 21.7 Å². The van der Waals surface area contributed by atoms with Crippen LogP contribution in [0.2, 0.25) is 5.02 Å². The van der Waals surface area contributed by atoms with E-state index in [9.17, 15) is 9.59 Å². The third kappa shape index (κ3) is 1.52. The van der Waals surface area contributed by atoms with Crippen molar-refractivity contribution in [1.29, 1.82) is 0 Å². The van der Waals surface area contributed by atoms with Crippen molar-refractivity contribution >= 4 is 33.3 Å². The van der Waals surface area contributed by atoms with E-state index in [0.717, 1.165) is 0 Å². The van der Waals surface area contributed by atoms with E-state index in [-0.39, 0.29) is 11.0 Å². The molecule has 0 spiro atoms. The molecule has 0 aliphatic carbocycles. The van der Waals surface area contributed by atoms with Crippen molar-refractivity contribution in [3.63, 3.8) is 0 Å². The normalized spacial score (nSPS) is 10.9. The van der Waals surface area contributed by atoms with Gasteiger partial charge in [0.05, 0.1) is 21.3 Å². The molecule has 0 atom stereocenters. The third-order valence-corrected chi connectivity index (χ3v) is 3.22. The van der Waals surface area contributed by atoms with Crippen LogP contribution in [0, 0.1) is 0 Å². The first-order chi connectivity index (χ1) is 8.68. The van der Waals surface area contributed by atoms with Gasteiger partial charge in [-0.2, -0.15) is 0 Å². The highest BCUT2D eigenvalue weighted by molar-refractivity contribution is 6.35.